The quantitative estimate of drug-likeness (QED) is 0.468. The topological polar surface area (TPSA) is 91.8 Å². The lowest BCUT2D eigenvalue weighted by Gasteiger charge is -2.04. The van der Waals surface area contributed by atoms with E-state index < -0.39 is 0 Å². The van der Waals surface area contributed by atoms with Gasteiger partial charge >= 0.3 is 0 Å². The molecule has 4 aromatic rings. The van der Waals surface area contributed by atoms with Gasteiger partial charge in [-0.15, -0.1) is 5.10 Å². The van der Waals surface area contributed by atoms with Gasteiger partial charge in [0.05, 0.1) is 18.6 Å². The molecule has 0 saturated heterocycles. The van der Waals surface area contributed by atoms with Crippen molar-refractivity contribution in [2.75, 3.05) is 7.11 Å². The molecule has 10 heteroatoms. The van der Waals surface area contributed by atoms with E-state index in [-0.39, 0.29) is 5.82 Å². The second-order valence-corrected chi connectivity index (χ2v) is 6.32. The van der Waals surface area contributed by atoms with E-state index in [2.05, 4.69) is 25.7 Å². The molecule has 0 aliphatic carbocycles. The molecular weight excluding hydrogens is 371 g/mol. The zero-order valence-corrected chi connectivity index (χ0v) is 14.9. The molecule has 0 unspecified atom stereocenters. The second kappa shape index (κ2) is 7.54. The largest absolute Gasteiger partial charge is 0.497 e. The average molecular weight is 384 g/mol. The maximum atomic E-state index is 13.0. The average Bonchev–Trinajstić information content (AvgIpc) is 3.36. The van der Waals surface area contributed by atoms with Gasteiger partial charge in [-0.25, -0.2) is 4.39 Å². The minimum atomic E-state index is -0.316. The van der Waals surface area contributed by atoms with Crippen molar-refractivity contribution in [1.82, 2.24) is 30.3 Å². The molecule has 8 nitrogen and oxygen atoms in total. The summed E-state index contributed by atoms with van der Waals surface area (Å²) in [6.45, 7) is 0. The number of aromatic nitrogens is 6. The fourth-order valence-electron chi connectivity index (χ4n) is 2.31. The van der Waals surface area contributed by atoms with Gasteiger partial charge in [-0.3, -0.25) is 0 Å². The van der Waals surface area contributed by atoms with Crippen LogP contribution in [0.5, 0.6) is 5.75 Å². The molecule has 0 N–H and O–H groups in total. The summed E-state index contributed by atoms with van der Waals surface area (Å²) in [5.41, 5.74) is 1.49. The Balaban J connectivity index is 1.47. The van der Waals surface area contributed by atoms with Crippen molar-refractivity contribution in [2.24, 2.45) is 0 Å². The number of hydrogen-bond acceptors (Lipinski definition) is 8. The summed E-state index contributed by atoms with van der Waals surface area (Å²) >= 11 is 1.36. The van der Waals surface area contributed by atoms with Crippen LogP contribution < -0.4 is 4.74 Å². The summed E-state index contributed by atoms with van der Waals surface area (Å²) in [7, 11) is 1.61. The van der Waals surface area contributed by atoms with Gasteiger partial charge < -0.3 is 9.26 Å². The molecular formula is C17H13FN6O2S. The molecule has 0 fully saturated rings. The molecule has 0 saturated carbocycles. The zero-order valence-electron chi connectivity index (χ0n) is 14.1. The second-order valence-electron chi connectivity index (χ2n) is 5.38. The predicted molar refractivity (Wildman–Crippen MR) is 95.0 cm³/mol. The van der Waals surface area contributed by atoms with Gasteiger partial charge in [-0.2, -0.15) is 9.67 Å². The molecule has 2 aromatic heterocycles. The summed E-state index contributed by atoms with van der Waals surface area (Å²) in [6.07, 6.45) is 0. The molecule has 0 amide bonds. The summed E-state index contributed by atoms with van der Waals surface area (Å²) in [5.74, 6) is 1.65. The fraction of sp³-hybridized carbons (Fsp3) is 0.118. The minimum Gasteiger partial charge on any atom is -0.497 e. The summed E-state index contributed by atoms with van der Waals surface area (Å²) < 4.78 is 25.0. The Hall–Kier alpha value is -3.27. The SMILES string of the molecule is COc1ccc(-n2nnnc2SCc2nc(-c3ccc(F)cc3)no2)cc1. The lowest BCUT2D eigenvalue weighted by Crippen LogP contribution is -1.99. The van der Waals surface area contributed by atoms with Gasteiger partial charge in [0, 0.05) is 5.56 Å². The molecule has 0 spiro atoms. The Kier molecular flexibility index (Phi) is 4.79. The van der Waals surface area contributed by atoms with E-state index in [1.807, 2.05) is 24.3 Å². The van der Waals surface area contributed by atoms with Gasteiger partial charge in [0.2, 0.25) is 16.9 Å². The number of rotatable bonds is 6. The Morgan fingerprint density at radius 2 is 1.89 bits per heavy atom. The first kappa shape index (κ1) is 17.2. The monoisotopic (exact) mass is 384 g/mol. The zero-order chi connectivity index (χ0) is 18.6. The van der Waals surface area contributed by atoms with Crippen LogP contribution in [-0.2, 0) is 5.75 Å². The number of halogens is 1. The number of benzene rings is 2. The van der Waals surface area contributed by atoms with Crippen LogP contribution in [0.3, 0.4) is 0 Å². The van der Waals surface area contributed by atoms with E-state index in [9.17, 15) is 4.39 Å². The van der Waals surface area contributed by atoms with Crippen LogP contribution in [0.4, 0.5) is 4.39 Å². The third-order valence-corrected chi connectivity index (χ3v) is 4.56. The highest BCUT2D eigenvalue weighted by atomic mass is 32.2. The first-order chi connectivity index (χ1) is 13.2. The summed E-state index contributed by atoms with van der Waals surface area (Å²) in [4.78, 5) is 4.32. The van der Waals surface area contributed by atoms with E-state index in [0.29, 0.717) is 28.2 Å². The predicted octanol–water partition coefficient (Wildman–Crippen LogP) is 3.15. The van der Waals surface area contributed by atoms with Gasteiger partial charge in [-0.1, -0.05) is 16.9 Å². The van der Waals surface area contributed by atoms with Gasteiger partial charge in [-0.05, 0) is 59.0 Å². The number of tetrazole rings is 1. The lowest BCUT2D eigenvalue weighted by molar-refractivity contribution is 0.391. The molecule has 0 radical (unpaired) electrons. The Bertz CT molecular complexity index is 1030. The first-order valence-electron chi connectivity index (χ1n) is 7.87. The number of ether oxygens (including phenoxy) is 1. The van der Waals surface area contributed by atoms with Gasteiger partial charge in [0.15, 0.2) is 0 Å². The third-order valence-electron chi connectivity index (χ3n) is 3.65. The van der Waals surface area contributed by atoms with E-state index >= 15 is 0 Å². The molecule has 4 rings (SSSR count). The van der Waals surface area contributed by atoms with Crippen molar-refractivity contribution in [2.45, 2.75) is 10.9 Å². The normalized spacial score (nSPS) is 10.9. The van der Waals surface area contributed by atoms with Crippen LogP contribution in [0.2, 0.25) is 0 Å². The number of thioether (sulfide) groups is 1. The van der Waals surface area contributed by atoms with Crippen LogP contribution in [-0.4, -0.2) is 37.5 Å². The molecule has 0 aliphatic rings. The highest BCUT2D eigenvalue weighted by Gasteiger charge is 2.13. The fourth-order valence-corrected chi connectivity index (χ4v) is 3.04. The van der Waals surface area contributed by atoms with Crippen molar-refractivity contribution < 1.29 is 13.7 Å². The van der Waals surface area contributed by atoms with Crippen LogP contribution in [0.25, 0.3) is 17.1 Å². The van der Waals surface area contributed by atoms with Crippen molar-refractivity contribution in [3.05, 3.63) is 60.2 Å². The maximum absolute atomic E-state index is 13.0. The molecule has 27 heavy (non-hydrogen) atoms. The van der Waals surface area contributed by atoms with Crippen molar-refractivity contribution in [3.8, 4) is 22.8 Å². The molecule has 2 aromatic carbocycles. The van der Waals surface area contributed by atoms with Crippen LogP contribution >= 0.6 is 11.8 Å². The summed E-state index contributed by atoms with van der Waals surface area (Å²) in [5, 5.41) is 16.3. The maximum Gasteiger partial charge on any atom is 0.237 e. The smallest absolute Gasteiger partial charge is 0.237 e. The van der Waals surface area contributed by atoms with Crippen LogP contribution in [0, 0.1) is 5.82 Å². The number of nitrogens with zero attached hydrogens (tertiary/aromatic N) is 6. The van der Waals surface area contributed by atoms with E-state index in [1.54, 1.807) is 23.9 Å². The number of methoxy groups -OCH3 is 1. The standard InChI is InChI=1S/C17H13FN6O2S/c1-25-14-8-6-13(7-9-14)24-17(20-22-23-24)27-10-15-19-16(21-26-15)11-2-4-12(18)5-3-11/h2-9H,10H2,1H3. The first-order valence-corrected chi connectivity index (χ1v) is 8.85. The molecule has 0 aliphatic heterocycles. The molecule has 0 atom stereocenters. The molecule has 136 valence electrons. The summed E-state index contributed by atoms with van der Waals surface area (Å²) in [6, 6.07) is 13.3. The Labute approximate surface area is 157 Å². The van der Waals surface area contributed by atoms with Crippen LogP contribution in [0.15, 0.2) is 58.2 Å². The highest BCUT2D eigenvalue weighted by molar-refractivity contribution is 7.98. The van der Waals surface area contributed by atoms with Crippen LogP contribution in [0.1, 0.15) is 5.89 Å². The highest BCUT2D eigenvalue weighted by Crippen LogP contribution is 2.24. The van der Waals surface area contributed by atoms with Crippen molar-refractivity contribution in [3.63, 3.8) is 0 Å². The number of hydrogen-bond donors (Lipinski definition) is 0. The van der Waals surface area contributed by atoms with E-state index in [0.717, 1.165) is 11.4 Å². The molecule has 2 heterocycles. The lowest BCUT2D eigenvalue weighted by atomic mass is 10.2. The minimum absolute atomic E-state index is 0.316. The molecule has 0 bridgehead atoms. The third kappa shape index (κ3) is 3.80. The van der Waals surface area contributed by atoms with Gasteiger partial charge in [0.25, 0.3) is 0 Å². The Morgan fingerprint density at radius 3 is 2.63 bits per heavy atom. The Morgan fingerprint density at radius 1 is 1.11 bits per heavy atom. The van der Waals surface area contributed by atoms with Crippen molar-refractivity contribution >= 4 is 11.8 Å². The van der Waals surface area contributed by atoms with Gasteiger partial charge in [0.1, 0.15) is 11.6 Å². The van der Waals surface area contributed by atoms with E-state index in [4.69, 9.17) is 9.26 Å². The van der Waals surface area contributed by atoms with Crippen molar-refractivity contribution in [1.29, 1.82) is 0 Å². The van der Waals surface area contributed by atoms with E-state index in [1.165, 1.54) is 23.9 Å².